The number of anilines is 2. The number of rotatable bonds is 9. The first-order valence-electron chi connectivity index (χ1n) is 8.74. The van der Waals surface area contributed by atoms with E-state index in [1.165, 1.54) is 23.9 Å². The van der Waals surface area contributed by atoms with Gasteiger partial charge in [0.2, 0.25) is 11.8 Å². The fraction of sp³-hybridized carbons (Fsp3) is 0.250. The monoisotopic (exact) mass is 420 g/mol. The Morgan fingerprint density at radius 1 is 1.00 bits per heavy atom. The molecule has 0 bridgehead atoms. The summed E-state index contributed by atoms with van der Waals surface area (Å²) in [5, 5.41) is 14.7. The number of carboxylic acid groups (broad SMARTS) is 1. The summed E-state index contributed by atoms with van der Waals surface area (Å²) < 4.78 is 0. The van der Waals surface area contributed by atoms with Crippen LogP contribution in [0.2, 0.25) is 5.02 Å². The Balaban J connectivity index is 1.85. The van der Waals surface area contributed by atoms with Crippen molar-refractivity contribution in [1.29, 1.82) is 0 Å². The van der Waals surface area contributed by atoms with Crippen molar-refractivity contribution in [3.8, 4) is 0 Å². The van der Waals surface area contributed by atoms with Crippen molar-refractivity contribution in [3.63, 3.8) is 0 Å². The van der Waals surface area contributed by atoms with E-state index in [-0.39, 0.29) is 28.2 Å². The topological polar surface area (TPSA) is 95.5 Å². The molecule has 3 N–H and O–H groups in total. The normalized spacial score (nSPS) is 10.4. The molecule has 2 aromatic rings. The summed E-state index contributed by atoms with van der Waals surface area (Å²) in [5.74, 6) is -1.27. The number of benzene rings is 2. The van der Waals surface area contributed by atoms with E-state index in [1.54, 1.807) is 18.2 Å². The lowest BCUT2D eigenvalue weighted by Gasteiger charge is -2.08. The Morgan fingerprint density at radius 3 is 2.29 bits per heavy atom. The van der Waals surface area contributed by atoms with Gasteiger partial charge >= 0.3 is 5.97 Å². The lowest BCUT2D eigenvalue weighted by Crippen LogP contribution is -2.14. The van der Waals surface area contributed by atoms with Crippen LogP contribution >= 0.6 is 23.4 Å². The molecule has 0 aromatic heterocycles. The van der Waals surface area contributed by atoms with Gasteiger partial charge in [-0.3, -0.25) is 9.59 Å². The van der Waals surface area contributed by atoms with E-state index in [0.29, 0.717) is 12.1 Å². The lowest BCUT2D eigenvalue weighted by molar-refractivity contribution is -0.116. The summed E-state index contributed by atoms with van der Waals surface area (Å²) in [4.78, 5) is 35.8. The molecule has 2 rings (SSSR count). The van der Waals surface area contributed by atoms with E-state index in [2.05, 4.69) is 10.6 Å². The minimum absolute atomic E-state index is 0.00896. The highest BCUT2D eigenvalue weighted by atomic mass is 35.5. The van der Waals surface area contributed by atoms with Crippen molar-refractivity contribution >= 4 is 52.5 Å². The van der Waals surface area contributed by atoms with Crippen LogP contribution in [0, 0.1) is 0 Å². The maximum Gasteiger partial charge on any atom is 0.337 e. The van der Waals surface area contributed by atoms with E-state index < -0.39 is 5.97 Å². The van der Waals surface area contributed by atoms with Gasteiger partial charge in [0.15, 0.2) is 0 Å². The highest BCUT2D eigenvalue weighted by molar-refractivity contribution is 8.00. The van der Waals surface area contributed by atoms with Gasteiger partial charge in [-0.25, -0.2) is 4.79 Å². The Bertz CT molecular complexity index is 856. The number of amides is 2. The third-order valence-electron chi connectivity index (χ3n) is 3.75. The van der Waals surface area contributed by atoms with Crippen molar-refractivity contribution < 1.29 is 19.5 Å². The zero-order valence-electron chi connectivity index (χ0n) is 15.3. The van der Waals surface area contributed by atoms with Crippen molar-refractivity contribution in [2.45, 2.75) is 31.1 Å². The molecule has 0 saturated heterocycles. The molecule has 0 unspecified atom stereocenters. The third-order valence-corrected chi connectivity index (χ3v) is 5.09. The van der Waals surface area contributed by atoms with Gasteiger partial charge in [-0.1, -0.05) is 24.9 Å². The second kappa shape index (κ2) is 10.7. The molecule has 0 aliphatic carbocycles. The van der Waals surface area contributed by atoms with Gasteiger partial charge in [0.05, 0.1) is 16.3 Å². The smallest absolute Gasteiger partial charge is 0.337 e. The standard InChI is InChI=1S/C20H21ClN2O4S/c1-2-3-4-18(24)22-13-5-8-15(9-6-13)28-12-19(25)23-14-7-10-17(21)16(11-14)20(26)27/h5-11H,2-4,12H2,1H3,(H,22,24)(H,23,25)(H,26,27). The molecule has 0 fully saturated rings. The summed E-state index contributed by atoms with van der Waals surface area (Å²) in [6, 6.07) is 11.6. The minimum atomic E-state index is -1.16. The second-order valence-electron chi connectivity index (χ2n) is 6.01. The molecule has 0 radical (unpaired) electrons. The summed E-state index contributed by atoms with van der Waals surface area (Å²) >= 11 is 7.15. The summed E-state index contributed by atoms with van der Waals surface area (Å²) in [7, 11) is 0. The first-order valence-corrected chi connectivity index (χ1v) is 10.1. The average molecular weight is 421 g/mol. The average Bonchev–Trinajstić information content (AvgIpc) is 2.67. The van der Waals surface area contributed by atoms with Crippen LogP contribution in [0.4, 0.5) is 11.4 Å². The first-order chi connectivity index (χ1) is 13.4. The number of carbonyl (C=O) groups excluding carboxylic acids is 2. The second-order valence-corrected chi connectivity index (χ2v) is 7.47. The van der Waals surface area contributed by atoms with Gasteiger partial charge in [0.1, 0.15) is 0 Å². The van der Waals surface area contributed by atoms with E-state index in [4.69, 9.17) is 16.7 Å². The number of aromatic carboxylic acids is 1. The maximum absolute atomic E-state index is 12.1. The molecule has 0 aliphatic rings. The van der Waals surface area contributed by atoms with Crippen LogP contribution in [-0.4, -0.2) is 28.6 Å². The van der Waals surface area contributed by atoms with Crippen molar-refractivity contribution in [2.24, 2.45) is 0 Å². The van der Waals surface area contributed by atoms with Crippen LogP contribution in [0.3, 0.4) is 0 Å². The van der Waals surface area contributed by atoms with Gasteiger partial charge in [0, 0.05) is 22.7 Å². The number of nitrogens with one attached hydrogen (secondary N) is 2. The van der Waals surface area contributed by atoms with Crippen LogP contribution in [0.1, 0.15) is 36.5 Å². The molecule has 6 nitrogen and oxygen atoms in total. The van der Waals surface area contributed by atoms with Gasteiger partial charge in [0.25, 0.3) is 0 Å². The zero-order chi connectivity index (χ0) is 20.5. The lowest BCUT2D eigenvalue weighted by atomic mass is 10.2. The Kier molecular flexibility index (Phi) is 8.35. The van der Waals surface area contributed by atoms with Crippen molar-refractivity contribution in [2.75, 3.05) is 16.4 Å². The van der Waals surface area contributed by atoms with E-state index in [9.17, 15) is 14.4 Å². The highest BCUT2D eigenvalue weighted by Gasteiger charge is 2.11. The molecule has 148 valence electrons. The fourth-order valence-electron chi connectivity index (χ4n) is 2.31. The predicted molar refractivity (Wildman–Crippen MR) is 112 cm³/mol. The van der Waals surface area contributed by atoms with E-state index in [0.717, 1.165) is 23.4 Å². The Morgan fingerprint density at radius 2 is 1.64 bits per heavy atom. The number of carbonyl (C=O) groups is 3. The molecule has 2 amide bonds. The molecular formula is C20H21ClN2O4S. The fourth-order valence-corrected chi connectivity index (χ4v) is 3.21. The summed E-state index contributed by atoms with van der Waals surface area (Å²) in [6.07, 6.45) is 2.33. The minimum Gasteiger partial charge on any atom is -0.478 e. The predicted octanol–water partition coefficient (Wildman–Crippen LogP) is 4.90. The van der Waals surface area contributed by atoms with Crippen molar-refractivity contribution in [1.82, 2.24) is 0 Å². The number of halogens is 1. The van der Waals surface area contributed by atoms with Crippen LogP contribution in [0.15, 0.2) is 47.4 Å². The summed E-state index contributed by atoms with van der Waals surface area (Å²) in [6.45, 7) is 2.04. The quantitative estimate of drug-likeness (QED) is 0.501. The highest BCUT2D eigenvalue weighted by Crippen LogP contribution is 2.23. The molecule has 0 saturated carbocycles. The van der Waals surface area contributed by atoms with Gasteiger partial charge < -0.3 is 15.7 Å². The van der Waals surface area contributed by atoms with E-state index >= 15 is 0 Å². The molecule has 8 heteroatoms. The molecule has 28 heavy (non-hydrogen) atoms. The molecule has 0 atom stereocenters. The van der Waals surface area contributed by atoms with Gasteiger partial charge in [-0.15, -0.1) is 11.8 Å². The first kappa shape index (κ1) is 21.8. The Labute approximate surface area is 172 Å². The van der Waals surface area contributed by atoms with Crippen LogP contribution in [-0.2, 0) is 9.59 Å². The number of hydrogen-bond acceptors (Lipinski definition) is 4. The largest absolute Gasteiger partial charge is 0.478 e. The maximum atomic E-state index is 12.1. The number of carboxylic acids is 1. The van der Waals surface area contributed by atoms with Gasteiger partial charge in [-0.2, -0.15) is 0 Å². The number of unbranched alkanes of at least 4 members (excludes halogenated alkanes) is 1. The van der Waals surface area contributed by atoms with Crippen LogP contribution < -0.4 is 10.6 Å². The van der Waals surface area contributed by atoms with Crippen LogP contribution in [0.5, 0.6) is 0 Å². The Hall–Kier alpha value is -2.51. The van der Waals surface area contributed by atoms with Crippen molar-refractivity contribution in [3.05, 3.63) is 53.1 Å². The van der Waals surface area contributed by atoms with Crippen LogP contribution in [0.25, 0.3) is 0 Å². The SMILES string of the molecule is CCCCC(=O)Nc1ccc(SCC(=O)Nc2ccc(Cl)c(C(=O)O)c2)cc1. The number of thioether (sulfide) groups is 1. The number of hydrogen-bond donors (Lipinski definition) is 3. The molecule has 0 heterocycles. The summed E-state index contributed by atoms with van der Waals surface area (Å²) in [5.41, 5.74) is 1.03. The molecular weight excluding hydrogens is 400 g/mol. The zero-order valence-corrected chi connectivity index (χ0v) is 16.9. The van der Waals surface area contributed by atoms with Gasteiger partial charge in [-0.05, 0) is 48.9 Å². The molecule has 2 aromatic carbocycles. The molecule has 0 aliphatic heterocycles. The van der Waals surface area contributed by atoms with E-state index in [1.807, 2.05) is 19.1 Å². The third kappa shape index (κ3) is 6.90. The molecule has 0 spiro atoms.